The molecule has 2 aromatic carbocycles. The van der Waals surface area contributed by atoms with Crippen molar-refractivity contribution in [1.82, 2.24) is 4.90 Å². The Labute approximate surface area is 172 Å². The van der Waals surface area contributed by atoms with Crippen molar-refractivity contribution in [3.63, 3.8) is 0 Å². The first-order valence-corrected chi connectivity index (χ1v) is 10.5. The van der Waals surface area contributed by atoms with Crippen LogP contribution in [0.2, 0.25) is 0 Å². The van der Waals surface area contributed by atoms with Gasteiger partial charge in [0.2, 0.25) is 0 Å². The maximum atomic E-state index is 13.2. The number of nitrogens with zero attached hydrogens (tertiary/aromatic N) is 2. The number of carbonyl (C=O) groups is 2. The highest BCUT2D eigenvalue weighted by Gasteiger charge is 2.44. The summed E-state index contributed by atoms with van der Waals surface area (Å²) in [5.74, 6) is -0.352. The highest BCUT2D eigenvalue weighted by molar-refractivity contribution is 6.03. The molecule has 154 valence electrons. The topological polar surface area (TPSA) is 60.9 Å². The number of hydrogen-bond acceptors (Lipinski definition) is 3. The smallest absolute Gasteiger partial charge is 0.407 e. The van der Waals surface area contributed by atoms with Gasteiger partial charge in [0.15, 0.2) is 5.78 Å². The van der Waals surface area contributed by atoms with Gasteiger partial charge in [0, 0.05) is 30.9 Å². The van der Waals surface area contributed by atoms with Crippen LogP contribution < -0.4 is 4.90 Å². The fourth-order valence-corrected chi connectivity index (χ4v) is 4.41. The molecule has 1 aliphatic carbocycles. The fourth-order valence-electron chi connectivity index (χ4n) is 4.41. The predicted molar refractivity (Wildman–Crippen MR) is 116 cm³/mol. The van der Waals surface area contributed by atoms with Crippen molar-refractivity contribution >= 4 is 17.6 Å². The molecule has 5 nitrogen and oxygen atoms in total. The van der Waals surface area contributed by atoms with E-state index in [4.69, 9.17) is 0 Å². The first kappa shape index (κ1) is 20.9. The zero-order valence-corrected chi connectivity index (χ0v) is 17.5. The molecule has 0 saturated heterocycles. The van der Waals surface area contributed by atoms with Crippen LogP contribution in [0, 0.1) is 5.92 Å². The normalized spacial score (nSPS) is 17.8. The van der Waals surface area contributed by atoms with Crippen molar-refractivity contribution < 1.29 is 14.7 Å². The Balaban J connectivity index is 1.92. The lowest BCUT2D eigenvalue weighted by Gasteiger charge is -2.31. The van der Waals surface area contributed by atoms with Gasteiger partial charge in [-0.2, -0.15) is 0 Å². The number of hydrogen-bond donors (Lipinski definition) is 1. The van der Waals surface area contributed by atoms with Gasteiger partial charge < -0.3 is 14.9 Å². The van der Waals surface area contributed by atoms with Crippen LogP contribution in [0.1, 0.15) is 54.7 Å². The second-order valence-corrected chi connectivity index (χ2v) is 7.52. The Kier molecular flexibility index (Phi) is 6.57. The van der Waals surface area contributed by atoms with Gasteiger partial charge in [-0.1, -0.05) is 43.3 Å². The number of fused-ring (bicyclic) bond motifs is 1. The molecular weight excluding hydrogens is 364 g/mol. The predicted octanol–water partition coefficient (Wildman–Crippen LogP) is 5.02. The highest BCUT2D eigenvalue weighted by atomic mass is 16.4. The Morgan fingerprint density at radius 1 is 1.00 bits per heavy atom. The molecule has 1 amide bonds. The summed E-state index contributed by atoms with van der Waals surface area (Å²) >= 11 is 0. The third kappa shape index (κ3) is 4.14. The standard InChI is InChI=1S/C24H30N2O3/c1-4-15-26(24(28)29)22-19-9-7-8-10-20(19)23(27)21(22)16-17-11-13-18(14-12-17)25(5-2)6-3/h7-14,21-22H,4-6,15-16H2,1-3H3,(H,28,29). The molecule has 0 bridgehead atoms. The molecule has 1 N–H and O–H groups in total. The van der Waals surface area contributed by atoms with Crippen LogP contribution >= 0.6 is 0 Å². The molecule has 0 saturated carbocycles. The summed E-state index contributed by atoms with van der Waals surface area (Å²) < 4.78 is 0. The SMILES string of the molecule is CCCN(C(=O)O)C1c2ccccc2C(=O)C1Cc1ccc(N(CC)CC)cc1. The quantitative estimate of drug-likeness (QED) is 0.683. The molecule has 29 heavy (non-hydrogen) atoms. The molecule has 0 aromatic heterocycles. The summed E-state index contributed by atoms with van der Waals surface area (Å²) in [6.45, 7) is 8.52. The Morgan fingerprint density at radius 2 is 1.66 bits per heavy atom. The van der Waals surface area contributed by atoms with Gasteiger partial charge in [-0.3, -0.25) is 4.79 Å². The van der Waals surface area contributed by atoms with Crippen LogP contribution in [0.25, 0.3) is 0 Å². The number of carboxylic acid groups (broad SMARTS) is 1. The first-order valence-electron chi connectivity index (χ1n) is 10.5. The number of rotatable bonds is 8. The summed E-state index contributed by atoms with van der Waals surface area (Å²) in [5.41, 5.74) is 3.70. The summed E-state index contributed by atoms with van der Waals surface area (Å²) in [6, 6.07) is 15.3. The lowest BCUT2D eigenvalue weighted by molar-refractivity contribution is 0.0805. The largest absolute Gasteiger partial charge is 0.465 e. The molecule has 0 spiro atoms. The second kappa shape index (κ2) is 9.12. The maximum Gasteiger partial charge on any atom is 0.407 e. The first-order chi connectivity index (χ1) is 14.0. The van der Waals surface area contributed by atoms with Crippen LogP contribution in [-0.2, 0) is 6.42 Å². The van der Waals surface area contributed by atoms with Gasteiger partial charge in [0.25, 0.3) is 0 Å². The molecular formula is C24H30N2O3. The Bertz CT molecular complexity index is 859. The van der Waals surface area contributed by atoms with Crippen molar-refractivity contribution in [3.8, 4) is 0 Å². The van der Waals surface area contributed by atoms with Crippen LogP contribution in [0.4, 0.5) is 10.5 Å². The van der Waals surface area contributed by atoms with E-state index in [0.29, 0.717) is 24.9 Å². The van der Waals surface area contributed by atoms with E-state index in [1.165, 1.54) is 4.90 Å². The number of amides is 1. The number of carbonyl (C=O) groups excluding carboxylic acids is 1. The van der Waals surface area contributed by atoms with Crippen LogP contribution in [-0.4, -0.2) is 41.5 Å². The van der Waals surface area contributed by atoms with E-state index in [1.807, 2.05) is 31.2 Å². The third-order valence-electron chi connectivity index (χ3n) is 5.83. The summed E-state index contributed by atoms with van der Waals surface area (Å²) in [6.07, 6.45) is 0.275. The molecule has 2 atom stereocenters. The van der Waals surface area contributed by atoms with E-state index in [0.717, 1.165) is 29.9 Å². The van der Waals surface area contributed by atoms with Crippen molar-refractivity contribution in [2.45, 2.75) is 39.7 Å². The van der Waals surface area contributed by atoms with Crippen molar-refractivity contribution in [2.75, 3.05) is 24.5 Å². The maximum absolute atomic E-state index is 13.2. The summed E-state index contributed by atoms with van der Waals surface area (Å²) in [5, 5.41) is 9.82. The summed E-state index contributed by atoms with van der Waals surface area (Å²) in [7, 11) is 0. The molecule has 2 unspecified atom stereocenters. The Hall–Kier alpha value is -2.82. The minimum atomic E-state index is -0.969. The zero-order valence-electron chi connectivity index (χ0n) is 17.5. The number of Topliss-reactive ketones (excluding diaryl/α,β-unsaturated/α-hetero) is 1. The molecule has 3 rings (SSSR count). The lowest BCUT2D eigenvalue weighted by Crippen LogP contribution is -2.38. The second-order valence-electron chi connectivity index (χ2n) is 7.52. The van der Waals surface area contributed by atoms with Crippen LogP contribution in [0.3, 0.4) is 0 Å². The highest BCUT2D eigenvalue weighted by Crippen LogP contribution is 2.42. The van der Waals surface area contributed by atoms with E-state index in [9.17, 15) is 14.7 Å². The molecule has 0 fully saturated rings. The molecule has 2 aromatic rings. The average Bonchev–Trinajstić information content (AvgIpc) is 3.00. The van der Waals surface area contributed by atoms with Crippen molar-refractivity contribution in [2.24, 2.45) is 5.92 Å². The van der Waals surface area contributed by atoms with Gasteiger partial charge >= 0.3 is 6.09 Å². The monoisotopic (exact) mass is 394 g/mol. The molecule has 5 heteroatoms. The van der Waals surface area contributed by atoms with E-state index in [-0.39, 0.29) is 5.78 Å². The molecule has 0 heterocycles. The van der Waals surface area contributed by atoms with Crippen LogP contribution in [0.5, 0.6) is 0 Å². The molecule has 1 aliphatic rings. The average molecular weight is 395 g/mol. The fraction of sp³-hybridized carbons (Fsp3) is 0.417. The van der Waals surface area contributed by atoms with E-state index < -0.39 is 18.1 Å². The van der Waals surface area contributed by atoms with E-state index in [1.54, 1.807) is 0 Å². The molecule has 0 aliphatic heterocycles. The van der Waals surface area contributed by atoms with Gasteiger partial charge in [0.05, 0.1) is 12.0 Å². The Morgan fingerprint density at radius 3 is 2.24 bits per heavy atom. The van der Waals surface area contributed by atoms with Crippen molar-refractivity contribution in [3.05, 3.63) is 65.2 Å². The van der Waals surface area contributed by atoms with E-state index in [2.05, 4.69) is 43.0 Å². The van der Waals surface area contributed by atoms with Gasteiger partial charge in [-0.25, -0.2) is 4.79 Å². The number of anilines is 1. The summed E-state index contributed by atoms with van der Waals surface area (Å²) in [4.78, 5) is 28.9. The van der Waals surface area contributed by atoms with Gasteiger partial charge in [-0.15, -0.1) is 0 Å². The minimum absolute atomic E-state index is 0.0424. The van der Waals surface area contributed by atoms with Gasteiger partial charge in [-0.05, 0) is 49.9 Å². The van der Waals surface area contributed by atoms with Crippen molar-refractivity contribution in [1.29, 1.82) is 0 Å². The zero-order chi connectivity index (χ0) is 21.0. The lowest BCUT2D eigenvalue weighted by atomic mass is 9.91. The van der Waals surface area contributed by atoms with Crippen LogP contribution in [0.15, 0.2) is 48.5 Å². The number of benzene rings is 2. The third-order valence-corrected chi connectivity index (χ3v) is 5.83. The van der Waals surface area contributed by atoms with Gasteiger partial charge in [0.1, 0.15) is 0 Å². The molecule has 0 radical (unpaired) electrons. The number of ketones is 1. The minimum Gasteiger partial charge on any atom is -0.465 e. The van der Waals surface area contributed by atoms with E-state index >= 15 is 0 Å².